The number of hydrogen-bond acceptors (Lipinski definition) is 0. The molecule has 0 saturated heterocycles. The second-order valence-electron chi connectivity index (χ2n) is 5.92. The summed E-state index contributed by atoms with van der Waals surface area (Å²) >= 11 is 0. The summed E-state index contributed by atoms with van der Waals surface area (Å²) in [6.45, 7) is 7.16. The molecule has 0 heterocycles. The van der Waals surface area contributed by atoms with Crippen LogP contribution in [0.5, 0.6) is 0 Å². The van der Waals surface area contributed by atoms with Crippen LogP contribution in [-0.2, 0) is 0 Å². The summed E-state index contributed by atoms with van der Waals surface area (Å²) in [6.07, 6.45) is 4.84. The number of fused-ring (bicyclic) bond motifs is 1. The third-order valence-corrected chi connectivity index (χ3v) is 5.33. The maximum Gasteiger partial charge on any atom is 0.100 e. The molecule has 0 aromatic heterocycles. The second-order valence-corrected chi connectivity index (χ2v) is 5.92. The molecule has 82 valence electrons. The van der Waals surface area contributed by atoms with Crippen LogP contribution < -0.4 is 0 Å². The van der Waals surface area contributed by atoms with Crippen molar-refractivity contribution < 1.29 is 4.39 Å². The molecule has 14 heavy (non-hydrogen) atoms. The zero-order chi connectivity index (χ0) is 10.3. The average molecular weight is 198 g/mol. The Morgan fingerprint density at radius 1 is 1.14 bits per heavy atom. The van der Waals surface area contributed by atoms with Crippen LogP contribution in [0.25, 0.3) is 0 Å². The topological polar surface area (TPSA) is 0 Å². The molecule has 2 fully saturated rings. The highest BCUT2D eigenvalue weighted by molar-refractivity contribution is 4.97. The lowest BCUT2D eigenvalue weighted by atomic mass is 9.53. The Bertz CT molecular complexity index is 213. The molecular weight excluding hydrogens is 175 g/mol. The van der Waals surface area contributed by atoms with Gasteiger partial charge in [0.1, 0.15) is 6.17 Å². The minimum absolute atomic E-state index is 0.445. The molecule has 0 nitrogen and oxygen atoms in total. The predicted molar refractivity (Wildman–Crippen MR) is 57.9 cm³/mol. The normalized spacial score (nSPS) is 54.0. The highest BCUT2D eigenvalue weighted by Gasteiger charge is 2.47. The minimum atomic E-state index is -0.506. The fraction of sp³-hybridized carbons (Fsp3) is 1.00. The summed E-state index contributed by atoms with van der Waals surface area (Å²) in [7, 11) is 0. The van der Waals surface area contributed by atoms with Gasteiger partial charge in [-0.1, -0.05) is 27.2 Å². The van der Waals surface area contributed by atoms with E-state index in [1.807, 2.05) is 0 Å². The first-order valence-electron chi connectivity index (χ1n) is 6.18. The van der Waals surface area contributed by atoms with Crippen molar-refractivity contribution in [3.8, 4) is 0 Å². The van der Waals surface area contributed by atoms with Gasteiger partial charge in [-0.15, -0.1) is 0 Å². The largest absolute Gasteiger partial charge is 0.247 e. The Balaban J connectivity index is 2.16. The molecule has 0 radical (unpaired) electrons. The first kappa shape index (κ1) is 10.4. The van der Waals surface area contributed by atoms with Crippen molar-refractivity contribution in [2.45, 2.75) is 59.0 Å². The van der Waals surface area contributed by atoms with Crippen molar-refractivity contribution in [3.05, 3.63) is 0 Å². The first-order valence-corrected chi connectivity index (χ1v) is 6.18. The molecule has 0 spiro atoms. The molecule has 2 saturated carbocycles. The first-order chi connectivity index (χ1) is 6.54. The molecule has 0 aromatic rings. The van der Waals surface area contributed by atoms with Gasteiger partial charge in [-0.2, -0.15) is 0 Å². The van der Waals surface area contributed by atoms with E-state index in [1.165, 1.54) is 12.8 Å². The number of alkyl halides is 1. The lowest BCUT2D eigenvalue weighted by Gasteiger charge is -2.52. The zero-order valence-electron chi connectivity index (χ0n) is 9.72. The molecule has 0 bridgehead atoms. The van der Waals surface area contributed by atoms with E-state index in [2.05, 4.69) is 20.8 Å². The van der Waals surface area contributed by atoms with Crippen LogP contribution in [0.2, 0.25) is 0 Å². The van der Waals surface area contributed by atoms with Gasteiger partial charge in [0, 0.05) is 0 Å². The molecule has 1 heteroatoms. The summed E-state index contributed by atoms with van der Waals surface area (Å²) in [5, 5.41) is 0. The highest BCUT2D eigenvalue weighted by atomic mass is 19.1. The number of hydrogen-bond donors (Lipinski definition) is 0. The molecule has 0 N–H and O–H groups in total. The maximum absolute atomic E-state index is 13.3. The minimum Gasteiger partial charge on any atom is -0.247 e. The highest BCUT2D eigenvalue weighted by Crippen LogP contribution is 2.55. The van der Waals surface area contributed by atoms with Crippen molar-refractivity contribution in [2.24, 2.45) is 23.2 Å². The Labute approximate surface area is 87.3 Å². The van der Waals surface area contributed by atoms with Crippen LogP contribution in [0.3, 0.4) is 0 Å². The fourth-order valence-electron chi connectivity index (χ4n) is 3.78. The lowest BCUT2D eigenvalue weighted by Crippen LogP contribution is -2.45. The summed E-state index contributed by atoms with van der Waals surface area (Å²) in [5.41, 5.74) is 0.445. The Hall–Kier alpha value is -0.0700. The molecule has 0 amide bonds. The third-order valence-electron chi connectivity index (χ3n) is 5.33. The van der Waals surface area contributed by atoms with Gasteiger partial charge in [-0.05, 0) is 48.9 Å². The van der Waals surface area contributed by atoms with E-state index >= 15 is 0 Å². The van der Waals surface area contributed by atoms with Gasteiger partial charge >= 0.3 is 0 Å². The predicted octanol–water partition coefficient (Wildman–Crippen LogP) is 4.20. The van der Waals surface area contributed by atoms with Crippen molar-refractivity contribution >= 4 is 0 Å². The average Bonchev–Trinajstić information content (AvgIpc) is 2.16. The Morgan fingerprint density at radius 2 is 1.86 bits per heavy atom. The number of rotatable bonds is 0. The van der Waals surface area contributed by atoms with Crippen LogP contribution >= 0.6 is 0 Å². The van der Waals surface area contributed by atoms with E-state index in [1.54, 1.807) is 0 Å². The van der Waals surface area contributed by atoms with Gasteiger partial charge in [0.15, 0.2) is 0 Å². The SMILES string of the molecule is CC1CCC2C[C@@H](F)CC[C@]2(C)C1C. The van der Waals surface area contributed by atoms with E-state index < -0.39 is 6.17 Å². The Morgan fingerprint density at radius 3 is 2.57 bits per heavy atom. The third kappa shape index (κ3) is 1.49. The van der Waals surface area contributed by atoms with Gasteiger partial charge < -0.3 is 0 Å². The lowest BCUT2D eigenvalue weighted by molar-refractivity contribution is -0.0426. The molecule has 3 unspecified atom stereocenters. The van der Waals surface area contributed by atoms with Crippen molar-refractivity contribution in [1.29, 1.82) is 0 Å². The molecule has 2 rings (SSSR count). The van der Waals surface area contributed by atoms with Crippen LogP contribution in [0.15, 0.2) is 0 Å². The monoisotopic (exact) mass is 198 g/mol. The van der Waals surface area contributed by atoms with Gasteiger partial charge in [0.05, 0.1) is 0 Å². The summed E-state index contributed by atoms with van der Waals surface area (Å²) in [6, 6.07) is 0. The molecule has 5 atom stereocenters. The van der Waals surface area contributed by atoms with Crippen LogP contribution in [0, 0.1) is 23.2 Å². The van der Waals surface area contributed by atoms with E-state index in [0.29, 0.717) is 11.3 Å². The van der Waals surface area contributed by atoms with Crippen LogP contribution in [-0.4, -0.2) is 6.17 Å². The zero-order valence-corrected chi connectivity index (χ0v) is 9.72. The molecule has 2 aliphatic rings. The second kappa shape index (κ2) is 3.50. The molecule has 0 aromatic carbocycles. The van der Waals surface area contributed by atoms with Gasteiger partial charge in [-0.3, -0.25) is 0 Å². The quantitative estimate of drug-likeness (QED) is 0.547. The summed E-state index contributed by atoms with van der Waals surface area (Å²) < 4.78 is 13.3. The molecular formula is C13H23F. The van der Waals surface area contributed by atoms with Crippen molar-refractivity contribution in [2.75, 3.05) is 0 Å². The van der Waals surface area contributed by atoms with Crippen LogP contribution in [0.4, 0.5) is 4.39 Å². The van der Waals surface area contributed by atoms with E-state index in [4.69, 9.17) is 0 Å². The maximum atomic E-state index is 13.3. The molecule has 0 aliphatic heterocycles. The van der Waals surface area contributed by atoms with E-state index in [0.717, 1.165) is 31.1 Å². The van der Waals surface area contributed by atoms with Crippen molar-refractivity contribution in [3.63, 3.8) is 0 Å². The summed E-state index contributed by atoms with van der Waals surface area (Å²) in [5.74, 6) is 2.29. The molecule has 2 aliphatic carbocycles. The summed E-state index contributed by atoms with van der Waals surface area (Å²) in [4.78, 5) is 0. The standard InChI is InChI=1S/C13H23F/c1-9-4-5-11-8-12(14)6-7-13(11,3)10(9)2/h9-12H,4-8H2,1-3H3/t9?,10?,11?,12-,13+/m0/s1. The Kier molecular flexibility index (Phi) is 2.61. The van der Waals surface area contributed by atoms with Crippen molar-refractivity contribution in [1.82, 2.24) is 0 Å². The van der Waals surface area contributed by atoms with Gasteiger partial charge in [0.2, 0.25) is 0 Å². The smallest absolute Gasteiger partial charge is 0.100 e. The van der Waals surface area contributed by atoms with Crippen LogP contribution in [0.1, 0.15) is 52.9 Å². The van der Waals surface area contributed by atoms with E-state index in [-0.39, 0.29) is 0 Å². The van der Waals surface area contributed by atoms with Gasteiger partial charge in [-0.25, -0.2) is 4.39 Å². The van der Waals surface area contributed by atoms with E-state index in [9.17, 15) is 4.39 Å². The fourth-order valence-corrected chi connectivity index (χ4v) is 3.78. The number of halogens is 1. The van der Waals surface area contributed by atoms with Gasteiger partial charge in [0.25, 0.3) is 0 Å².